The fourth-order valence-electron chi connectivity index (χ4n) is 2.82. The molecule has 1 saturated heterocycles. The fourth-order valence-corrected chi connectivity index (χ4v) is 2.82. The number of carbonyl (C=O) groups is 3. The van der Waals surface area contributed by atoms with E-state index in [0.717, 1.165) is 17.9 Å². The number of carbonyl (C=O) groups excluding carboxylic acids is 3. The lowest BCUT2D eigenvalue weighted by Gasteiger charge is -2.36. The lowest BCUT2D eigenvalue weighted by atomic mass is 9.93. The molecule has 2 atom stereocenters. The normalized spacial score (nSPS) is 22.6. The maximum absolute atomic E-state index is 12.0. The van der Waals surface area contributed by atoms with Crippen LogP contribution in [0, 0.1) is 5.92 Å². The van der Waals surface area contributed by atoms with E-state index < -0.39 is 5.97 Å². The van der Waals surface area contributed by atoms with Gasteiger partial charge in [0.2, 0.25) is 0 Å². The third-order valence-electron chi connectivity index (χ3n) is 4.38. The number of ether oxygens (including phenoxy) is 2. The van der Waals surface area contributed by atoms with Crippen LogP contribution in [0.1, 0.15) is 30.1 Å². The van der Waals surface area contributed by atoms with Crippen molar-refractivity contribution < 1.29 is 23.9 Å². The second kappa shape index (κ2) is 6.97. The zero-order valence-electron chi connectivity index (χ0n) is 13.4. The summed E-state index contributed by atoms with van der Waals surface area (Å²) >= 11 is 0. The van der Waals surface area contributed by atoms with E-state index in [1.807, 2.05) is 0 Å². The van der Waals surface area contributed by atoms with E-state index in [4.69, 9.17) is 9.47 Å². The summed E-state index contributed by atoms with van der Waals surface area (Å²) < 4.78 is 10.7. The molecule has 2 aliphatic rings. The molecule has 0 aliphatic carbocycles. The van der Waals surface area contributed by atoms with Gasteiger partial charge in [-0.05, 0) is 30.7 Å². The second-order valence-corrected chi connectivity index (χ2v) is 5.86. The molecule has 6 heteroatoms. The average molecular weight is 329 g/mol. The van der Waals surface area contributed by atoms with Gasteiger partial charge in [-0.15, -0.1) is 0 Å². The molecule has 1 fully saturated rings. The van der Waals surface area contributed by atoms with Crippen LogP contribution in [0.3, 0.4) is 0 Å². The van der Waals surface area contributed by atoms with E-state index in [1.165, 1.54) is 12.2 Å². The van der Waals surface area contributed by atoms with Gasteiger partial charge in [-0.2, -0.15) is 0 Å². The summed E-state index contributed by atoms with van der Waals surface area (Å²) in [5.41, 5.74) is 0.813. The van der Waals surface area contributed by atoms with Crippen LogP contribution in [0.5, 0.6) is 0 Å². The van der Waals surface area contributed by atoms with Crippen LogP contribution >= 0.6 is 0 Å². The van der Waals surface area contributed by atoms with Gasteiger partial charge in [0.15, 0.2) is 0 Å². The molecule has 2 unspecified atom stereocenters. The van der Waals surface area contributed by atoms with Gasteiger partial charge in [0.25, 0.3) is 11.8 Å². The van der Waals surface area contributed by atoms with Crippen LogP contribution < -0.4 is 4.90 Å². The summed E-state index contributed by atoms with van der Waals surface area (Å²) in [5, 5.41) is 0. The van der Waals surface area contributed by atoms with E-state index in [0.29, 0.717) is 30.2 Å². The van der Waals surface area contributed by atoms with Crippen LogP contribution in [0.2, 0.25) is 0 Å². The van der Waals surface area contributed by atoms with Crippen LogP contribution in [0.4, 0.5) is 5.69 Å². The smallest absolute Gasteiger partial charge is 0.338 e. The molecule has 0 saturated carbocycles. The topological polar surface area (TPSA) is 72.9 Å². The summed E-state index contributed by atoms with van der Waals surface area (Å²) in [6, 6.07) is 6.21. The fraction of sp³-hybridized carbons (Fsp3) is 0.389. The van der Waals surface area contributed by atoms with Gasteiger partial charge in [-0.25, -0.2) is 9.69 Å². The van der Waals surface area contributed by atoms with Crippen molar-refractivity contribution in [2.75, 3.05) is 18.1 Å². The SMILES string of the molecule is CCC1COC1CCOC(=O)c1ccc(N2C(=O)C=CC2=O)cc1. The molecule has 2 heterocycles. The van der Waals surface area contributed by atoms with Gasteiger partial charge in [0.1, 0.15) is 0 Å². The molecule has 3 rings (SSSR count). The van der Waals surface area contributed by atoms with Gasteiger partial charge in [-0.3, -0.25) is 9.59 Å². The van der Waals surface area contributed by atoms with Crippen molar-refractivity contribution in [3.63, 3.8) is 0 Å². The summed E-state index contributed by atoms with van der Waals surface area (Å²) in [7, 11) is 0. The number of esters is 1. The maximum Gasteiger partial charge on any atom is 0.338 e. The highest BCUT2D eigenvalue weighted by Gasteiger charge is 2.30. The molecule has 24 heavy (non-hydrogen) atoms. The van der Waals surface area contributed by atoms with E-state index in [-0.39, 0.29) is 17.9 Å². The summed E-state index contributed by atoms with van der Waals surface area (Å²) in [6.07, 6.45) is 4.39. The van der Waals surface area contributed by atoms with Gasteiger partial charge in [-0.1, -0.05) is 6.92 Å². The Morgan fingerprint density at radius 3 is 2.42 bits per heavy atom. The predicted octanol–water partition coefficient (Wildman–Crippen LogP) is 2.09. The largest absolute Gasteiger partial charge is 0.462 e. The van der Waals surface area contributed by atoms with Crippen molar-refractivity contribution in [3.05, 3.63) is 42.0 Å². The lowest BCUT2D eigenvalue weighted by Crippen LogP contribution is -2.40. The molecule has 0 spiro atoms. The van der Waals surface area contributed by atoms with Crippen molar-refractivity contribution in [2.45, 2.75) is 25.9 Å². The molecular formula is C18H19NO5. The predicted molar refractivity (Wildman–Crippen MR) is 86.5 cm³/mol. The quantitative estimate of drug-likeness (QED) is 0.590. The van der Waals surface area contributed by atoms with Crippen molar-refractivity contribution in [1.29, 1.82) is 0 Å². The number of hydrogen-bond acceptors (Lipinski definition) is 5. The summed E-state index contributed by atoms with van der Waals surface area (Å²) in [6.45, 7) is 3.23. The van der Waals surface area contributed by atoms with Crippen molar-refractivity contribution >= 4 is 23.5 Å². The Bertz CT molecular complexity index is 659. The van der Waals surface area contributed by atoms with Crippen LogP contribution in [0.25, 0.3) is 0 Å². The maximum atomic E-state index is 12.0. The van der Waals surface area contributed by atoms with Gasteiger partial charge in [0, 0.05) is 24.5 Å². The molecule has 0 N–H and O–H groups in total. The first-order valence-electron chi connectivity index (χ1n) is 8.05. The molecule has 2 amide bonds. The third kappa shape index (κ3) is 3.23. The highest BCUT2D eigenvalue weighted by Crippen LogP contribution is 2.26. The number of rotatable bonds is 6. The summed E-state index contributed by atoms with van der Waals surface area (Å²) in [4.78, 5) is 36.3. The average Bonchev–Trinajstić information content (AvgIpc) is 2.89. The first-order valence-corrected chi connectivity index (χ1v) is 8.05. The Morgan fingerprint density at radius 1 is 1.21 bits per heavy atom. The number of anilines is 1. The Balaban J connectivity index is 1.52. The van der Waals surface area contributed by atoms with E-state index in [1.54, 1.807) is 24.3 Å². The molecule has 6 nitrogen and oxygen atoms in total. The minimum absolute atomic E-state index is 0.185. The van der Waals surface area contributed by atoms with Crippen LogP contribution in [-0.4, -0.2) is 37.1 Å². The Hall–Kier alpha value is -2.47. The molecule has 0 aromatic heterocycles. The van der Waals surface area contributed by atoms with Crippen molar-refractivity contribution in [3.8, 4) is 0 Å². The number of imide groups is 1. The van der Waals surface area contributed by atoms with Gasteiger partial charge < -0.3 is 9.47 Å². The number of amides is 2. The van der Waals surface area contributed by atoms with E-state index in [9.17, 15) is 14.4 Å². The van der Waals surface area contributed by atoms with Crippen LogP contribution in [0.15, 0.2) is 36.4 Å². The molecule has 2 aliphatic heterocycles. The third-order valence-corrected chi connectivity index (χ3v) is 4.38. The number of hydrogen-bond donors (Lipinski definition) is 0. The summed E-state index contributed by atoms with van der Waals surface area (Å²) in [5.74, 6) is -0.638. The standard InChI is InChI=1S/C18H19NO5/c1-2-12-11-24-15(12)9-10-23-18(22)13-3-5-14(6-4-13)19-16(20)7-8-17(19)21/h3-8,12,15H,2,9-11H2,1H3. The zero-order valence-corrected chi connectivity index (χ0v) is 13.4. The second-order valence-electron chi connectivity index (χ2n) is 5.86. The molecular weight excluding hydrogens is 310 g/mol. The van der Waals surface area contributed by atoms with Gasteiger partial charge in [0.05, 0.1) is 30.6 Å². The lowest BCUT2D eigenvalue weighted by molar-refractivity contribution is -0.123. The first-order chi connectivity index (χ1) is 11.6. The van der Waals surface area contributed by atoms with Gasteiger partial charge >= 0.3 is 5.97 Å². The molecule has 1 aromatic carbocycles. The zero-order chi connectivity index (χ0) is 17.1. The van der Waals surface area contributed by atoms with Crippen LogP contribution in [-0.2, 0) is 19.1 Å². The molecule has 126 valence electrons. The number of benzene rings is 1. The Labute approximate surface area is 140 Å². The molecule has 1 aromatic rings. The molecule has 0 radical (unpaired) electrons. The highest BCUT2D eigenvalue weighted by atomic mass is 16.5. The monoisotopic (exact) mass is 329 g/mol. The van der Waals surface area contributed by atoms with E-state index in [2.05, 4.69) is 6.92 Å². The number of nitrogens with zero attached hydrogens (tertiary/aromatic N) is 1. The van der Waals surface area contributed by atoms with Crippen molar-refractivity contribution in [2.24, 2.45) is 5.92 Å². The molecule has 0 bridgehead atoms. The first kappa shape index (κ1) is 16.4. The Morgan fingerprint density at radius 2 is 1.88 bits per heavy atom. The minimum Gasteiger partial charge on any atom is -0.462 e. The Kier molecular flexibility index (Phi) is 4.76. The minimum atomic E-state index is -0.425. The van der Waals surface area contributed by atoms with Crippen molar-refractivity contribution in [1.82, 2.24) is 0 Å². The highest BCUT2D eigenvalue weighted by molar-refractivity contribution is 6.28. The van der Waals surface area contributed by atoms with E-state index >= 15 is 0 Å².